The Morgan fingerprint density at radius 2 is 2.17 bits per heavy atom. The van der Waals surface area contributed by atoms with Gasteiger partial charge in [0.15, 0.2) is 0 Å². The molecule has 0 bridgehead atoms. The first-order chi connectivity index (χ1) is 5.77. The van der Waals surface area contributed by atoms with Crippen molar-refractivity contribution in [3.8, 4) is 0 Å². The molecule has 0 spiro atoms. The van der Waals surface area contributed by atoms with Gasteiger partial charge >= 0.3 is 5.97 Å². The number of fused-ring (bicyclic) bond motifs is 1. The van der Waals surface area contributed by atoms with Crippen molar-refractivity contribution in [3.05, 3.63) is 0 Å². The normalized spacial score (nSPS) is 36.3. The Kier molecular flexibility index (Phi) is 3.09. The molecule has 12 heavy (non-hydrogen) atoms. The summed E-state index contributed by atoms with van der Waals surface area (Å²) in [6.45, 7) is 0. The van der Waals surface area contributed by atoms with Gasteiger partial charge in [-0.3, -0.25) is 4.79 Å². The lowest BCUT2D eigenvalue weighted by Gasteiger charge is -2.05. The summed E-state index contributed by atoms with van der Waals surface area (Å²) in [4.78, 5) is 10.3. The van der Waals surface area contributed by atoms with Gasteiger partial charge in [0.2, 0.25) is 0 Å². The molecule has 0 amide bonds. The van der Waals surface area contributed by atoms with Crippen LogP contribution in [0.2, 0.25) is 0 Å². The maximum atomic E-state index is 10.3. The van der Waals surface area contributed by atoms with E-state index in [1.807, 2.05) is 0 Å². The van der Waals surface area contributed by atoms with Crippen molar-refractivity contribution in [1.82, 2.24) is 0 Å². The molecule has 0 aromatic carbocycles. The van der Waals surface area contributed by atoms with Gasteiger partial charge in [-0.2, -0.15) is 0 Å². The van der Waals surface area contributed by atoms with Gasteiger partial charge in [-0.15, -0.1) is 0 Å². The van der Waals surface area contributed by atoms with E-state index in [1.165, 1.54) is 26.3 Å². The van der Waals surface area contributed by atoms with Crippen LogP contribution in [0.4, 0.5) is 0 Å². The molecular formula is C9H17NO2. The van der Waals surface area contributed by atoms with Crippen molar-refractivity contribution in [2.45, 2.75) is 25.7 Å². The fourth-order valence-corrected chi connectivity index (χ4v) is 2.30. The largest absolute Gasteiger partial charge is 0.481 e. The van der Waals surface area contributed by atoms with Crippen LogP contribution in [0.25, 0.3) is 0 Å². The average molecular weight is 171 g/mol. The first kappa shape index (κ1) is 9.52. The number of carboxylic acid groups (broad SMARTS) is 1. The molecular weight excluding hydrogens is 154 g/mol. The molecule has 2 aliphatic rings. The first-order valence-corrected chi connectivity index (χ1v) is 4.57. The molecule has 0 aliphatic heterocycles. The van der Waals surface area contributed by atoms with Crippen molar-refractivity contribution in [3.63, 3.8) is 0 Å². The highest BCUT2D eigenvalue weighted by Gasteiger charge is 2.48. The summed E-state index contributed by atoms with van der Waals surface area (Å²) in [5, 5.41) is 8.51. The summed E-state index contributed by atoms with van der Waals surface area (Å²) >= 11 is 0. The molecule has 2 fully saturated rings. The molecule has 0 radical (unpaired) electrons. The minimum Gasteiger partial charge on any atom is -0.481 e. The van der Waals surface area contributed by atoms with E-state index in [0.29, 0.717) is 12.3 Å². The molecule has 70 valence electrons. The van der Waals surface area contributed by atoms with E-state index in [2.05, 4.69) is 5.73 Å². The van der Waals surface area contributed by atoms with Crippen LogP contribution in [-0.4, -0.2) is 18.1 Å². The second kappa shape index (κ2) is 3.90. The van der Waals surface area contributed by atoms with E-state index in [1.54, 1.807) is 0 Å². The monoisotopic (exact) mass is 171 g/mol. The summed E-state index contributed by atoms with van der Waals surface area (Å²) in [5.41, 5.74) is 4.50. The third-order valence-corrected chi connectivity index (χ3v) is 2.93. The fourth-order valence-electron chi connectivity index (χ4n) is 2.30. The average Bonchev–Trinajstić information content (AvgIpc) is 2.74. The Labute approximate surface area is 72.9 Å². The standard InChI is InChI=1S/C8H12O2.CH5N/c9-8(10)4-6-2-1-5-3-7(5)6;1-2/h5-7H,1-4H2,(H,9,10);2H2,1H3/t5-,6?,7+;/m0./s1. The molecule has 0 aromatic heterocycles. The van der Waals surface area contributed by atoms with E-state index in [4.69, 9.17) is 5.11 Å². The molecule has 3 heteroatoms. The topological polar surface area (TPSA) is 63.3 Å². The van der Waals surface area contributed by atoms with Crippen molar-refractivity contribution in [2.24, 2.45) is 23.5 Å². The highest BCUT2D eigenvalue weighted by molar-refractivity contribution is 5.67. The van der Waals surface area contributed by atoms with E-state index < -0.39 is 5.97 Å². The second-order valence-corrected chi connectivity index (χ2v) is 3.59. The van der Waals surface area contributed by atoms with Gasteiger partial charge in [0.25, 0.3) is 0 Å². The van der Waals surface area contributed by atoms with Gasteiger partial charge in [-0.1, -0.05) is 0 Å². The Bertz CT molecular complexity index is 170. The predicted octanol–water partition coefficient (Wildman–Crippen LogP) is 1.08. The molecule has 0 saturated heterocycles. The quantitative estimate of drug-likeness (QED) is 0.653. The van der Waals surface area contributed by atoms with E-state index in [9.17, 15) is 4.79 Å². The Morgan fingerprint density at radius 1 is 1.50 bits per heavy atom. The lowest BCUT2D eigenvalue weighted by Crippen LogP contribution is -2.06. The lowest BCUT2D eigenvalue weighted by molar-refractivity contribution is -0.138. The minimum atomic E-state index is -0.613. The van der Waals surface area contributed by atoms with Gasteiger partial charge in [-0.05, 0) is 44.1 Å². The third-order valence-electron chi connectivity index (χ3n) is 2.93. The van der Waals surface area contributed by atoms with Crippen molar-refractivity contribution in [1.29, 1.82) is 0 Å². The van der Waals surface area contributed by atoms with Crippen LogP contribution >= 0.6 is 0 Å². The van der Waals surface area contributed by atoms with Gasteiger partial charge < -0.3 is 10.8 Å². The smallest absolute Gasteiger partial charge is 0.303 e. The molecule has 2 aliphatic carbocycles. The van der Waals surface area contributed by atoms with E-state index in [0.717, 1.165) is 11.8 Å². The molecule has 2 saturated carbocycles. The Morgan fingerprint density at radius 3 is 2.50 bits per heavy atom. The lowest BCUT2D eigenvalue weighted by atomic mass is 10.00. The summed E-state index contributed by atoms with van der Waals surface area (Å²) in [7, 11) is 1.50. The summed E-state index contributed by atoms with van der Waals surface area (Å²) in [6, 6.07) is 0. The SMILES string of the molecule is CN.O=C(O)CC1CC[C@H]2C[C@@H]12. The molecule has 3 N–H and O–H groups in total. The Hall–Kier alpha value is -0.570. The van der Waals surface area contributed by atoms with Gasteiger partial charge in [0.05, 0.1) is 0 Å². The molecule has 1 unspecified atom stereocenters. The minimum absolute atomic E-state index is 0.418. The molecule has 3 atom stereocenters. The third kappa shape index (κ3) is 1.97. The summed E-state index contributed by atoms with van der Waals surface area (Å²) in [6.07, 6.45) is 4.20. The zero-order valence-corrected chi connectivity index (χ0v) is 7.49. The number of hydrogen-bond acceptors (Lipinski definition) is 2. The summed E-state index contributed by atoms with van der Waals surface area (Å²) in [5.74, 6) is 1.64. The van der Waals surface area contributed by atoms with Gasteiger partial charge in [0, 0.05) is 6.42 Å². The molecule has 3 nitrogen and oxygen atoms in total. The van der Waals surface area contributed by atoms with Crippen LogP contribution in [-0.2, 0) is 4.79 Å². The maximum Gasteiger partial charge on any atom is 0.303 e. The van der Waals surface area contributed by atoms with E-state index >= 15 is 0 Å². The van der Waals surface area contributed by atoms with Crippen LogP contribution < -0.4 is 5.73 Å². The zero-order valence-electron chi connectivity index (χ0n) is 7.49. The van der Waals surface area contributed by atoms with Crippen LogP contribution in [0.3, 0.4) is 0 Å². The highest BCUT2D eigenvalue weighted by atomic mass is 16.4. The first-order valence-electron chi connectivity index (χ1n) is 4.57. The van der Waals surface area contributed by atoms with Crippen LogP contribution in [0, 0.1) is 17.8 Å². The van der Waals surface area contributed by atoms with Gasteiger partial charge in [-0.25, -0.2) is 0 Å². The number of rotatable bonds is 2. The van der Waals surface area contributed by atoms with Crippen molar-refractivity contribution >= 4 is 5.97 Å². The molecule has 0 aromatic rings. The number of carbonyl (C=O) groups is 1. The van der Waals surface area contributed by atoms with Crippen LogP contribution in [0.15, 0.2) is 0 Å². The Balaban J connectivity index is 0.000000336. The summed E-state index contributed by atoms with van der Waals surface area (Å²) < 4.78 is 0. The zero-order chi connectivity index (χ0) is 9.14. The van der Waals surface area contributed by atoms with E-state index in [-0.39, 0.29) is 0 Å². The maximum absolute atomic E-state index is 10.3. The van der Waals surface area contributed by atoms with Gasteiger partial charge in [0.1, 0.15) is 0 Å². The predicted molar refractivity (Wildman–Crippen MR) is 46.7 cm³/mol. The van der Waals surface area contributed by atoms with Crippen molar-refractivity contribution in [2.75, 3.05) is 7.05 Å². The van der Waals surface area contributed by atoms with Crippen LogP contribution in [0.5, 0.6) is 0 Å². The molecule has 2 rings (SSSR count). The number of nitrogens with two attached hydrogens (primary N) is 1. The molecule has 0 heterocycles. The van der Waals surface area contributed by atoms with Crippen molar-refractivity contribution < 1.29 is 9.90 Å². The number of aliphatic carboxylic acids is 1. The highest BCUT2D eigenvalue weighted by Crippen LogP contribution is 2.56. The second-order valence-electron chi connectivity index (χ2n) is 3.59. The van der Waals surface area contributed by atoms with Crippen LogP contribution in [0.1, 0.15) is 25.7 Å². The number of hydrogen-bond donors (Lipinski definition) is 2. The number of carboxylic acids is 1. The fraction of sp³-hybridized carbons (Fsp3) is 0.889.